The number of benzene rings is 1. The Morgan fingerprint density at radius 2 is 1.75 bits per heavy atom. The molecule has 0 radical (unpaired) electrons. The molecule has 1 aliphatic heterocycles. The number of hydrogen-bond acceptors (Lipinski definition) is 3. The number of carbonyl (C=O) groups excluding carboxylic acids is 1. The molecule has 1 heterocycles. The molecule has 5 heteroatoms. The largest absolute Gasteiger partial charge is 0.481 e. The summed E-state index contributed by atoms with van der Waals surface area (Å²) in [5.74, 6) is -0.667. The molecule has 1 aromatic carbocycles. The van der Waals surface area contributed by atoms with Crippen molar-refractivity contribution in [3.63, 3.8) is 0 Å². The molecule has 0 aromatic heterocycles. The Morgan fingerprint density at radius 1 is 1.12 bits per heavy atom. The van der Waals surface area contributed by atoms with Crippen LogP contribution in [0.25, 0.3) is 0 Å². The monoisotopic (exact) mass is 347 g/mol. The van der Waals surface area contributed by atoms with Gasteiger partial charge in [0.1, 0.15) is 0 Å². The summed E-state index contributed by atoms with van der Waals surface area (Å²) in [6.45, 7) is 4.69. The number of nitrogens with zero attached hydrogens (tertiary/aromatic N) is 1. The second-order valence-corrected chi connectivity index (χ2v) is 8.92. The highest BCUT2D eigenvalue weighted by atomic mass is 32.2. The fraction of sp³-hybridized carbons (Fsp3) is 0.579. The summed E-state index contributed by atoms with van der Waals surface area (Å²) in [4.78, 5) is 27.6. The van der Waals surface area contributed by atoms with Crippen LogP contribution in [-0.4, -0.2) is 39.7 Å². The minimum Gasteiger partial charge on any atom is -0.481 e. The number of aliphatic carboxylic acids is 1. The van der Waals surface area contributed by atoms with Crippen LogP contribution >= 0.6 is 11.8 Å². The number of rotatable bonds is 4. The predicted octanol–water partition coefficient (Wildman–Crippen LogP) is 3.72. The summed E-state index contributed by atoms with van der Waals surface area (Å²) in [5, 5.41) is 9.42. The Bertz CT molecular complexity index is 637. The molecule has 1 amide bonds. The van der Waals surface area contributed by atoms with Gasteiger partial charge in [-0.2, -0.15) is 0 Å². The maximum atomic E-state index is 13.3. The summed E-state index contributed by atoms with van der Waals surface area (Å²) in [5.41, 5.74) is 0.409. The molecular formula is C19H25NO3S. The van der Waals surface area contributed by atoms with Crippen LogP contribution in [0.4, 0.5) is 0 Å². The molecule has 24 heavy (non-hydrogen) atoms. The Kier molecular flexibility index (Phi) is 4.65. The first-order valence-electron chi connectivity index (χ1n) is 8.63. The first kappa shape index (κ1) is 17.3. The average Bonchev–Trinajstić information content (AvgIpc) is 3.18. The van der Waals surface area contributed by atoms with Crippen LogP contribution in [0.3, 0.4) is 0 Å². The number of hydrogen-bond donors (Lipinski definition) is 1. The van der Waals surface area contributed by atoms with Gasteiger partial charge in [-0.1, -0.05) is 30.5 Å². The van der Waals surface area contributed by atoms with E-state index in [0.29, 0.717) is 19.5 Å². The third kappa shape index (κ3) is 3.18. The van der Waals surface area contributed by atoms with Crippen LogP contribution in [0.1, 0.15) is 44.6 Å². The minimum atomic E-state index is -0.802. The van der Waals surface area contributed by atoms with Gasteiger partial charge < -0.3 is 10.0 Å². The van der Waals surface area contributed by atoms with Crippen molar-refractivity contribution >= 4 is 23.6 Å². The number of carboxylic acids is 1. The van der Waals surface area contributed by atoms with Gasteiger partial charge in [-0.05, 0) is 45.2 Å². The molecule has 130 valence electrons. The summed E-state index contributed by atoms with van der Waals surface area (Å²) in [6.07, 6.45) is 4.43. The number of amides is 1. The second-order valence-electron chi connectivity index (χ2n) is 7.46. The molecule has 1 saturated heterocycles. The topological polar surface area (TPSA) is 57.6 Å². The molecule has 1 aromatic rings. The fourth-order valence-corrected chi connectivity index (χ4v) is 5.17. The van der Waals surface area contributed by atoms with E-state index in [-0.39, 0.29) is 5.91 Å². The van der Waals surface area contributed by atoms with Gasteiger partial charge in [0.2, 0.25) is 5.91 Å². The lowest BCUT2D eigenvalue weighted by molar-refractivity contribution is -0.147. The van der Waals surface area contributed by atoms with E-state index in [1.807, 2.05) is 0 Å². The molecule has 3 rings (SSSR count). The van der Waals surface area contributed by atoms with E-state index < -0.39 is 16.1 Å². The molecule has 2 fully saturated rings. The highest BCUT2D eigenvalue weighted by molar-refractivity contribution is 8.01. The van der Waals surface area contributed by atoms with Crippen molar-refractivity contribution in [2.45, 2.75) is 55.6 Å². The molecule has 1 saturated carbocycles. The van der Waals surface area contributed by atoms with Gasteiger partial charge in [0.25, 0.3) is 0 Å². The Balaban J connectivity index is 1.79. The molecule has 1 atom stereocenters. The standard InChI is InChI=1S/C19H25NO3S/c1-14-5-7-15(8-6-14)24-19(9-3-4-10-19)16(21)20-12-11-18(2,13-20)17(22)23/h5-8H,3-4,9-13H2,1-2H3,(H,22,23). The van der Waals surface area contributed by atoms with Gasteiger partial charge in [-0.3, -0.25) is 9.59 Å². The zero-order valence-electron chi connectivity index (χ0n) is 14.4. The van der Waals surface area contributed by atoms with Crippen molar-refractivity contribution in [1.82, 2.24) is 4.90 Å². The molecule has 1 aliphatic carbocycles. The summed E-state index contributed by atoms with van der Waals surface area (Å²) >= 11 is 1.67. The van der Waals surface area contributed by atoms with E-state index in [2.05, 4.69) is 31.2 Å². The third-order valence-corrected chi connectivity index (χ3v) is 6.89. The van der Waals surface area contributed by atoms with Crippen LogP contribution in [0, 0.1) is 12.3 Å². The highest BCUT2D eigenvalue weighted by Crippen LogP contribution is 2.47. The van der Waals surface area contributed by atoms with Crippen molar-refractivity contribution in [3.05, 3.63) is 29.8 Å². The van der Waals surface area contributed by atoms with Crippen LogP contribution in [0.5, 0.6) is 0 Å². The molecule has 0 spiro atoms. The Hall–Kier alpha value is -1.49. The van der Waals surface area contributed by atoms with E-state index in [0.717, 1.165) is 30.6 Å². The number of carbonyl (C=O) groups is 2. The van der Waals surface area contributed by atoms with Gasteiger partial charge in [-0.25, -0.2) is 0 Å². The minimum absolute atomic E-state index is 0.135. The number of carboxylic acid groups (broad SMARTS) is 1. The van der Waals surface area contributed by atoms with E-state index >= 15 is 0 Å². The summed E-state index contributed by atoms with van der Waals surface area (Å²) in [7, 11) is 0. The molecule has 1 unspecified atom stereocenters. The Labute approximate surface area is 147 Å². The number of likely N-dealkylation sites (tertiary alicyclic amines) is 1. The van der Waals surface area contributed by atoms with Crippen LogP contribution in [0.15, 0.2) is 29.2 Å². The SMILES string of the molecule is Cc1ccc(SC2(C(=O)N3CCC(C)(C(=O)O)C3)CCCC2)cc1. The lowest BCUT2D eigenvalue weighted by Crippen LogP contribution is -2.45. The lowest BCUT2D eigenvalue weighted by Gasteiger charge is -2.32. The zero-order chi connectivity index (χ0) is 17.4. The molecular weight excluding hydrogens is 322 g/mol. The van der Waals surface area contributed by atoms with Gasteiger partial charge in [0.05, 0.1) is 10.2 Å². The van der Waals surface area contributed by atoms with Gasteiger partial charge in [0.15, 0.2) is 0 Å². The van der Waals surface area contributed by atoms with Crippen LogP contribution in [0.2, 0.25) is 0 Å². The van der Waals surface area contributed by atoms with Crippen molar-refractivity contribution < 1.29 is 14.7 Å². The van der Waals surface area contributed by atoms with Gasteiger partial charge in [0, 0.05) is 18.0 Å². The second kappa shape index (κ2) is 6.43. The maximum absolute atomic E-state index is 13.3. The average molecular weight is 347 g/mol. The van der Waals surface area contributed by atoms with E-state index in [1.165, 1.54) is 5.56 Å². The third-order valence-electron chi connectivity index (χ3n) is 5.41. The van der Waals surface area contributed by atoms with Crippen molar-refractivity contribution in [3.8, 4) is 0 Å². The van der Waals surface area contributed by atoms with Crippen LogP contribution < -0.4 is 0 Å². The van der Waals surface area contributed by atoms with Gasteiger partial charge in [-0.15, -0.1) is 11.8 Å². The number of thioether (sulfide) groups is 1. The van der Waals surface area contributed by atoms with Crippen molar-refractivity contribution in [1.29, 1.82) is 0 Å². The summed E-state index contributed by atoms with van der Waals surface area (Å²) in [6, 6.07) is 8.32. The highest BCUT2D eigenvalue weighted by Gasteiger charge is 2.49. The first-order valence-corrected chi connectivity index (χ1v) is 9.45. The first-order chi connectivity index (χ1) is 11.3. The maximum Gasteiger partial charge on any atom is 0.311 e. The normalized spacial score (nSPS) is 25.8. The summed E-state index contributed by atoms with van der Waals surface area (Å²) < 4.78 is -0.418. The van der Waals surface area contributed by atoms with Crippen molar-refractivity contribution in [2.24, 2.45) is 5.41 Å². The quantitative estimate of drug-likeness (QED) is 0.902. The van der Waals surface area contributed by atoms with E-state index in [9.17, 15) is 14.7 Å². The molecule has 2 aliphatic rings. The van der Waals surface area contributed by atoms with E-state index in [1.54, 1.807) is 23.6 Å². The molecule has 4 nitrogen and oxygen atoms in total. The Morgan fingerprint density at radius 3 is 2.29 bits per heavy atom. The van der Waals surface area contributed by atoms with Gasteiger partial charge >= 0.3 is 5.97 Å². The predicted molar refractivity (Wildman–Crippen MR) is 95.2 cm³/mol. The van der Waals surface area contributed by atoms with E-state index in [4.69, 9.17) is 0 Å². The zero-order valence-corrected chi connectivity index (χ0v) is 15.2. The fourth-order valence-electron chi connectivity index (χ4n) is 3.73. The smallest absolute Gasteiger partial charge is 0.311 e. The molecule has 0 bridgehead atoms. The van der Waals surface area contributed by atoms with Crippen LogP contribution in [-0.2, 0) is 9.59 Å². The molecule has 1 N–H and O–H groups in total. The number of aryl methyl sites for hydroxylation is 1. The lowest BCUT2D eigenvalue weighted by atomic mass is 9.90. The van der Waals surface area contributed by atoms with Crippen molar-refractivity contribution in [2.75, 3.05) is 13.1 Å².